The van der Waals surface area contributed by atoms with Crippen LogP contribution in [0.15, 0.2) is 151 Å². The average molecular weight is 886 g/mol. The Balaban J connectivity index is 0.961. The first kappa shape index (κ1) is 41.6. The van der Waals surface area contributed by atoms with Gasteiger partial charge in [-0.05, 0) is 103 Å². The number of hydrogen-bond donors (Lipinski definition) is 6. The maximum atomic E-state index is 13.0. The molecule has 0 fully saturated rings. The number of Topliss-reactive ketones (excluding diaryl/α,β-unsaturated/α-hetero) is 2. The van der Waals surface area contributed by atoms with Crippen LogP contribution in [0.4, 0.5) is 17.1 Å². The first-order valence-electron chi connectivity index (χ1n) is 17.0. The van der Waals surface area contributed by atoms with E-state index in [1.165, 1.54) is 54.2 Å². The number of hydrazone groups is 2. The standard InChI is InChI=1S/C39H27N5O12S4/c45-37-32-4-2-1-3-31(32)34(59(51,52)53)21-33(37)43-41-25-7-5-22(6-8-25)39(47)40-24-9-13-27(14-10-24)57-28-15-11-26(12-16-28)42-44-36-30-18-17-29(58(48,49)50)19-23(30)20-35(38(36)46)60(54,55)56/h1-21,41-42H,(H,40,47)(H,48,49,50)(H,51,52,53)(H,54,55,56). The molecule has 304 valence electrons. The van der Waals surface area contributed by atoms with Gasteiger partial charge in [-0.15, -0.1) is 0 Å². The van der Waals surface area contributed by atoms with Crippen LogP contribution in [-0.4, -0.2) is 67.8 Å². The van der Waals surface area contributed by atoms with E-state index in [-0.39, 0.29) is 28.0 Å². The maximum absolute atomic E-state index is 13.0. The summed E-state index contributed by atoms with van der Waals surface area (Å²) < 4.78 is 99.7. The van der Waals surface area contributed by atoms with Crippen molar-refractivity contribution in [3.05, 3.63) is 154 Å². The van der Waals surface area contributed by atoms with Crippen LogP contribution >= 0.6 is 11.8 Å². The fourth-order valence-corrected chi connectivity index (χ4v) is 8.52. The number of fused-ring (bicyclic) bond motifs is 2. The summed E-state index contributed by atoms with van der Waals surface area (Å²) in [6.07, 6.45) is 1.78. The fraction of sp³-hybridized carbons (Fsp3) is 0. The van der Waals surface area contributed by atoms with Gasteiger partial charge in [0.25, 0.3) is 36.3 Å². The number of carbonyl (C=O) groups excluding carboxylic acids is 3. The van der Waals surface area contributed by atoms with Crippen molar-refractivity contribution in [3.63, 3.8) is 0 Å². The molecule has 21 heteroatoms. The van der Waals surface area contributed by atoms with E-state index in [1.54, 1.807) is 60.7 Å². The molecule has 0 bridgehead atoms. The van der Waals surface area contributed by atoms with Gasteiger partial charge in [0.1, 0.15) is 21.2 Å². The van der Waals surface area contributed by atoms with E-state index < -0.39 is 68.2 Å². The van der Waals surface area contributed by atoms with Crippen LogP contribution in [0.3, 0.4) is 0 Å². The third-order valence-electron chi connectivity index (χ3n) is 8.75. The number of amides is 1. The van der Waals surface area contributed by atoms with E-state index in [2.05, 4.69) is 26.4 Å². The van der Waals surface area contributed by atoms with Crippen molar-refractivity contribution >= 4 is 99.1 Å². The number of anilines is 3. The first-order valence-corrected chi connectivity index (χ1v) is 22.1. The van der Waals surface area contributed by atoms with Gasteiger partial charge in [0.2, 0.25) is 11.6 Å². The zero-order valence-corrected chi connectivity index (χ0v) is 33.4. The molecule has 0 aromatic heterocycles. The van der Waals surface area contributed by atoms with E-state index in [9.17, 15) is 53.3 Å². The van der Waals surface area contributed by atoms with Crippen LogP contribution in [0.1, 0.15) is 37.4 Å². The second-order valence-corrected chi connectivity index (χ2v) is 18.1. The Morgan fingerprint density at radius 2 is 1.10 bits per heavy atom. The summed E-state index contributed by atoms with van der Waals surface area (Å²) >= 11 is 1.39. The van der Waals surface area contributed by atoms with Crippen LogP contribution in [-0.2, 0) is 35.1 Å². The Morgan fingerprint density at radius 3 is 1.68 bits per heavy atom. The highest BCUT2D eigenvalue weighted by molar-refractivity contribution is 7.99. The molecule has 0 aliphatic heterocycles. The van der Waals surface area contributed by atoms with Crippen LogP contribution < -0.4 is 16.2 Å². The van der Waals surface area contributed by atoms with Crippen LogP contribution in [0.25, 0.3) is 11.0 Å². The van der Waals surface area contributed by atoms with Crippen molar-refractivity contribution in [2.75, 3.05) is 16.2 Å². The van der Waals surface area contributed by atoms with Gasteiger partial charge >= 0.3 is 0 Å². The molecule has 7 rings (SSSR count). The Labute approximate surface area is 345 Å². The molecular weight excluding hydrogens is 859 g/mol. The van der Waals surface area contributed by atoms with Gasteiger partial charge in [-0.2, -0.15) is 35.5 Å². The molecule has 0 radical (unpaired) electrons. The quantitative estimate of drug-likeness (QED) is 0.0670. The van der Waals surface area contributed by atoms with Crippen LogP contribution in [0.2, 0.25) is 0 Å². The minimum atomic E-state index is -5.02. The van der Waals surface area contributed by atoms with Crippen molar-refractivity contribution in [2.45, 2.75) is 14.7 Å². The Kier molecular flexibility index (Phi) is 11.2. The topological polar surface area (TPSA) is 275 Å². The molecule has 5 aromatic carbocycles. The zero-order valence-electron chi connectivity index (χ0n) is 30.2. The van der Waals surface area contributed by atoms with Gasteiger partial charge in [0.15, 0.2) is 0 Å². The zero-order chi connectivity index (χ0) is 43.0. The maximum Gasteiger partial charge on any atom is 0.298 e. The molecule has 60 heavy (non-hydrogen) atoms. The highest BCUT2D eigenvalue weighted by atomic mass is 32.2. The third kappa shape index (κ3) is 9.16. The lowest BCUT2D eigenvalue weighted by atomic mass is 9.94. The highest BCUT2D eigenvalue weighted by Gasteiger charge is 2.34. The Bertz CT molecular complexity index is 3090. The summed E-state index contributed by atoms with van der Waals surface area (Å²) in [6, 6.07) is 28.9. The number of nitrogens with one attached hydrogen (secondary N) is 3. The number of allylic oxidation sites excluding steroid dienone is 2. The molecule has 2 aliphatic rings. The highest BCUT2D eigenvalue weighted by Crippen LogP contribution is 2.32. The largest absolute Gasteiger partial charge is 0.322 e. The molecule has 0 atom stereocenters. The molecule has 6 N–H and O–H groups in total. The predicted octanol–water partition coefficient (Wildman–Crippen LogP) is 5.86. The number of nitrogens with zero attached hydrogens (tertiary/aromatic N) is 2. The second-order valence-electron chi connectivity index (χ2n) is 12.8. The minimum absolute atomic E-state index is 0.0536. The fourth-order valence-electron chi connectivity index (χ4n) is 5.87. The monoisotopic (exact) mass is 885 g/mol. The molecule has 0 heterocycles. The van der Waals surface area contributed by atoms with Crippen molar-refractivity contribution in [1.29, 1.82) is 0 Å². The number of hydrogen-bond acceptors (Lipinski definition) is 14. The third-order valence-corrected chi connectivity index (χ3v) is 12.4. The molecule has 5 aromatic rings. The molecule has 17 nitrogen and oxygen atoms in total. The predicted molar refractivity (Wildman–Crippen MR) is 224 cm³/mol. The van der Waals surface area contributed by atoms with Gasteiger partial charge in [-0.1, -0.05) is 42.1 Å². The van der Waals surface area contributed by atoms with E-state index in [1.807, 2.05) is 0 Å². The summed E-state index contributed by atoms with van der Waals surface area (Å²) in [5, 5.41) is 10.9. The van der Waals surface area contributed by atoms with Crippen molar-refractivity contribution in [1.82, 2.24) is 0 Å². The Hall–Kier alpha value is -6.59. The number of carbonyl (C=O) groups is 3. The van der Waals surface area contributed by atoms with E-state index in [0.29, 0.717) is 22.6 Å². The summed E-state index contributed by atoms with van der Waals surface area (Å²) in [5.74, 6) is -2.09. The minimum Gasteiger partial charge on any atom is -0.322 e. The number of benzene rings is 5. The summed E-state index contributed by atoms with van der Waals surface area (Å²) in [7, 11) is -14.3. The number of rotatable bonds is 11. The van der Waals surface area contributed by atoms with Crippen LogP contribution in [0.5, 0.6) is 0 Å². The first-order chi connectivity index (χ1) is 28.3. The van der Waals surface area contributed by atoms with Gasteiger partial charge in [-0.3, -0.25) is 38.9 Å². The van der Waals surface area contributed by atoms with E-state index in [0.717, 1.165) is 34.1 Å². The van der Waals surface area contributed by atoms with E-state index in [4.69, 9.17) is 0 Å². The summed E-state index contributed by atoms with van der Waals surface area (Å²) in [4.78, 5) is 38.4. The normalized spacial score (nSPS) is 15.4. The average Bonchev–Trinajstić information content (AvgIpc) is 3.20. The molecule has 0 saturated carbocycles. The van der Waals surface area contributed by atoms with Gasteiger partial charge in [0.05, 0.1) is 16.3 Å². The molecular formula is C39H27N5O12S4. The molecule has 0 saturated heterocycles. The lowest BCUT2D eigenvalue weighted by Gasteiger charge is -2.17. The van der Waals surface area contributed by atoms with Crippen molar-refractivity contribution in [2.24, 2.45) is 10.2 Å². The van der Waals surface area contributed by atoms with E-state index >= 15 is 0 Å². The van der Waals surface area contributed by atoms with Crippen molar-refractivity contribution in [3.8, 4) is 0 Å². The smallest absolute Gasteiger partial charge is 0.298 e. The Morgan fingerprint density at radius 1 is 0.550 bits per heavy atom. The lowest BCUT2D eigenvalue weighted by Crippen LogP contribution is -2.27. The molecule has 1 amide bonds. The summed E-state index contributed by atoms with van der Waals surface area (Å²) in [6.45, 7) is 0. The lowest BCUT2D eigenvalue weighted by molar-refractivity contribution is -0.109. The SMILES string of the molecule is O=C1C(S(=O)(=O)O)=Cc2cc(S(=O)(=O)O)ccc2C1=NNc1ccc(Sc2ccc(NC(=O)c3ccc(NN=C4C=C(S(=O)(=O)O)c5ccccc5C4=O)cc3)cc2)cc1. The van der Waals surface area contributed by atoms with Crippen molar-refractivity contribution < 1.29 is 53.3 Å². The molecule has 0 spiro atoms. The summed E-state index contributed by atoms with van der Waals surface area (Å²) in [5.41, 5.74) is 6.36. The van der Waals surface area contributed by atoms with Gasteiger partial charge in [-0.25, -0.2) is 0 Å². The van der Waals surface area contributed by atoms with Crippen LogP contribution in [0, 0.1) is 0 Å². The molecule has 0 unspecified atom stereocenters. The van der Waals surface area contributed by atoms with Gasteiger partial charge < -0.3 is 5.32 Å². The van der Waals surface area contributed by atoms with Gasteiger partial charge in [0, 0.05) is 37.7 Å². The second kappa shape index (κ2) is 16.2. The molecule has 2 aliphatic carbocycles. The number of ketones is 2.